The summed E-state index contributed by atoms with van der Waals surface area (Å²) in [6, 6.07) is 0.172. The van der Waals surface area contributed by atoms with Crippen LogP contribution in [-0.4, -0.2) is 34.6 Å². The van der Waals surface area contributed by atoms with Crippen LogP contribution in [0.4, 0.5) is 0 Å². The van der Waals surface area contributed by atoms with E-state index in [1.807, 2.05) is 6.92 Å². The summed E-state index contributed by atoms with van der Waals surface area (Å²) in [5, 5.41) is 3.29. The molecular formula is C14H25N3S. The summed E-state index contributed by atoms with van der Waals surface area (Å²) >= 11 is 1.74. The van der Waals surface area contributed by atoms with Gasteiger partial charge in [0.1, 0.15) is 0 Å². The van der Waals surface area contributed by atoms with Crippen molar-refractivity contribution in [3.05, 3.63) is 16.1 Å². The van der Waals surface area contributed by atoms with Crippen LogP contribution in [0, 0.1) is 6.92 Å². The SMILES string of the molecule is CCC(C)(C(N)Cc1nc(C)cs1)N1CCCC1. The molecule has 0 bridgehead atoms. The summed E-state index contributed by atoms with van der Waals surface area (Å²) in [6.07, 6.45) is 4.65. The number of rotatable bonds is 5. The van der Waals surface area contributed by atoms with Gasteiger partial charge in [-0.3, -0.25) is 4.90 Å². The van der Waals surface area contributed by atoms with E-state index in [1.54, 1.807) is 11.3 Å². The molecule has 1 aromatic rings. The number of nitrogens with zero attached hydrogens (tertiary/aromatic N) is 2. The molecule has 1 fully saturated rings. The summed E-state index contributed by atoms with van der Waals surface area (Å²) in [7, 11) is 0. The molecule has 0 spiro atoms. The fourth-order valence-corrected chi connectivity index (χ4v) is 3.68. The van der Waals surface area contributed by atoms with Gasteiger partial charge in [-0.1, -0.05) is 6.92 Å². The highest BCUT2D eigenvalue weighted by atomic mass is 32.1. The van der Waals surface area contributed by atoms with Gasteiger partial charge in [-0.05, 0) is 46.2 Å². The highest BCUT2D eigenvalue weighted by Crippen LogP contribution is 2.29. The van der Waals surface area contributed by atoms with Gasteiger partial charge < -0.3 is 5.73 Å². The molecule has 2 heterocycles. The van der Waals surface area contributed by atoms with Crippen molar-refractivity contribution in [2.45, 2.75) is 58.0 Å². The number of nitrogens with two attached hydrogens (primary N) is 1. The summed E-state index contributed by atoms with van der Waals surface area (Å²) < 4.78 is 0. The first-order valence-electron chi connectivity index (χ1n) is 6.98. The van der Waals surface area contributed by atoms with Crippen LogP contribution in [-0.2, 0) is 6.42 Å². The van der Waals surface area contributed by atoms with Crippen molar-refractivity contribution in [2.75, 3.05) is 13.1 Å². The number of aromatic nitrogens is 1. The van der Waals surface area contributed by atoms with E-state index in [-0.39, 0.29) is 11.6 Å². The minimum Gasteiger partial charge on any atom is -0.326 e. The molecule has 1 saturated heterocycles. The molecule has 1 aliphatic heterocycles. The van der Waals surface area contributed by atoms with E-state index in [2.05, 4.69) is 29.1 Å². The maximum absolute atomic E-state index is 6.51. The quantitative estimate of drug-likeness (QED) is 0.891. The molecule has 3 nitrogen and oxygen atoms in total. The first-order valence-corrected chi connectivity index (χ1v) is 7.86. The van der Waals surface area contributed by atoms with Crippen molar-refractivity contribution < 1.29 is 0 Å². The Morgan fingerprint density at radius 2 is 2.17 bits per heavy atom. The van der Waals surface area contributed by atoms with Crippen molar-refractivity contribution in [3.8, 4) is 0 Å². The molecule has 0 amide bonds. The van der Waals surface area contributed by atoms with Gasteiger partial charge in [-0.2, -0.15) is 0 Å². The minimum atomic E-state index is 0.121. The molecule has 0 saturated carbocycles. The van der Waals surface area contributed by atoms with Crippen LogP contribution in [0.1, 0.15) is 43.8 Å². The first-order chi connectivity index (χ1) is 8.56. The van der Waals surface area contributed by atoms with Crippen LogP contribution in [0.25, 0.3) is 0 Å². The van der Waals surface area contributed by atoms with E-state index >= 15 is 0 Å². The highest BCUT2D eigenvalue weighted by molar-refractivity contribution is 7.09. The molecule has 2 unspecified atom stereocenters. The highest BCUT2D eigenvalue weighted by Gasteiger charge is 2.37. The van der Waals surface area contributed by atoms with Gasteiger partial charge in [-0.25, -0.2) is 4.98 Å². The smallest absolute Gasteiger partial charge is 0.0944 e. The van der Waals surface area contributed by atoms with Gasteiger partial charge >= 0.3 is 0 Å². The van der Waals surface area contributed by atoms with Crippen LogP contribution in [0.2, 0.25) is 0 Å². The van der Waals surface area contributed by atoms with Gasteiger partial charge in [0, 0.05) is 29.1 Å². The zero-order valence-corrected chi connectivity index (χ0v) is 12.6. The lowest BCUT2D eigenvalue weighted by atomic mass is 9.86. The minimum absolute atomic E-state index is 0.121. The molecule has 4 heteroatoms. The molecule has 0 radical (unpaired) electrons. The third-order valence-corrected chi connectivity index (χ3v) is 5.39. The van der Waals surface area contributed by atoms with Crippen LogP contribution in [0.5, 0.6) is 0 Å². The lowest BCUT2D eigenvalue weighted by Gasteiger charge is -2.42. The first kappa shape index (κ1) is 14.0. The zero-order chi connectivity index (χ0) is 13.2. The van der Waals surface area contributed by atoms with Crippen LogP contribution in [0.15, 0.2) is 5.38 Å². The van der Waals surface area contributed by atoms with E-state index in [1.165, 1.54) is 30.9 Å². The van der Waals surface area contributed by atoms with Gasteiger partial charge in [-0.15, -0.1) is 11.3 Å². The molecule has 1 aliphatic rings. The van der Waals surface area contributed by atoms with Crippen molar-refractivity contribution in [2.24, 2.45) is 5.73 Å². The third kappa shape index (κ3) is 2.76. The molecular weight excluding hydrogens is 242 g/mol. The summed E-state index contributed by atoms with van der Waals surface area (Å²) in [5.41, 5.74) is 7.74. The second kappa shape index (κ2) is 5.68. The summed E-state index contributed by atoms with van der Waals surface area (Å²) in [4.78, 5) is 7.13. The maximum atomic E-state index is 6.51. The molecule has 18 heavy (non-hydrogen) atoms. The lowest BCUT2D eigenvalue weighted by molar-refractivity contribution is 0.0998. The Labute approximate surface area is 114 Å². The molecule has 2 atom stereocenters. The largest absolute Gasteiger partial charge is 0.326 e. The van der Waals surface area contributed by atoms with Gasteiger partial charge in [0.05, 0.1) is 5.01 Å². The van der Waals surface area contributed by atoms with Crippen molar-refractivity contribution in [3.63, 3.8) is 0 Å². The Morgan fingerprint density at radius 3 is 2.67 bits per heavy atom. The molecule has 0 aliphatic carbocycles. The van der Waals surface area contributed by atoms with E-state index in [0.717, 1.165) is 18.5 Å². The average Bonchev–Trinajstić information content (AvgIpc) is 2.99. The predicted octanol–water partition coefficient (Wildman–Crippen LogP) is 2.59. The third-order valence-electron chi connectivity index (χ3n) is 4.40. The Morgan fingerprint density at radius 1 is 1.50 bits per heavy atom. The average molecular weight is 267 g/mol. The number of hydrogen-bond donors (Lipinski definition) is 1. The number of hydrogen-bond acceptors (Lipinski definition) is 4. The van der Waals surface area contributed by atoms with Gasteiger partial charge in [0.25, 0.3) is 0 Å². The second-order valence-corrected chi connectivity index (χ2v) is 6.54. The van der Waals surface area contributed by atoms with E-state index < -0.39 is 0 Å². The molecule has 2 N–H and O–H groups in total. The number of likely N-dealkylation sites (tertiary alicyclic amines) is 1. The van der Waals surface area contributed by atoms with Crippen LogP contribution >= 0.6 is 11.3 Å². The Bertz CT molecular complexity index is 384. The summed E-state index contributed by atoms with van der Waals surface area (Å²) in [5.74, 6) is 0. The topological polar surface area (TPSA) is 42.1 Å². The summed E-state index contributed by atoms with van der Waals surface area (Å²) in [6.45, 7) is 9.03. The lowest BCUT2D eigenvalue weighted by Crippen LogP contribution is -2.57. The Kier molecular flexibility index (Phi) is 4.41. The second-order valence-electron chi connectivity index (χ2n) is 5.60. The normalized spacial score (nSPS) is 22.0. The van der Waals surface area contributed by atoms with Crippen LogP contribution < -0.4 is 5.73 Å². The van der Waals surface area contributed by atoms with Crippen molar-refractivity contribution >= 4 is 11.3 Å². The van der Waals surface area contributed by atoms with E-state index in [4.69, 9.17) is 5.73 Å². The molecule has 2 rings (SSSR count). The number of aryl methyl sites for hydroxylation is 1. The fourth-order valence-electron chi connectivity index (χ4n) is 2.85. The van der Waals surface area contributed by atoms with Gasteiger partial charge in [0.2, 0.25) is 0 Å². The Balaban J connectivity index is 2.06. The number of thiazole rings is 1. The maximum Gasteiger partial charge on any atom is 0.0944 e. The van der Waals surface area contributed by atoms with E-state index in [0.29, 0.717) is 0 Å². The molecule has 1 aromatic heterocycles. The molecule has 102 valence electrons. The fraction of sp³-hybridized carbons (Fsp3) is 0.786. The van der Waals surface area contributed by atoms with Crippen molar-refractivity contribution in [1.29, 1.82) is 0 Å². The monoisotopic (exact) mass is 267 g/mol. The standard InChI is InChI=1S/C14H25N3S/c1-4-14(3,17-7-5-6-8-17)12(15)9-13-16-11(2)10-18-13/h10,12H,4-9,15H2,1-3H3. The van der Waals surface area contributed by atoms with E-state index in [9.17, 15) is 0 Å². The molecule has 0 aromatic carbocycles. The predicted molar refractivity (Wildman–Crippen MR) is 78.0 cm³/mol. The van der Waals surface area contributed by atoms with Gasteiger partial charge in [0.15, 0.2) is 0 Å². The zero-order valence-electron chi connectivity index (χ0n) is 11.8. The van der Waals surface area contributed by atoms with Crippen molar-refractivity contribution in [1.82, 2.24) is 9.88 Å². The Hall–Kier alpha value is -0.450. The van der Waals surface area contributed by atoms with Crippen LogP contribution in [0.3, 0.4) is 0 Å².